The molecule has 3 N–H and O–H groups in total. The second-order valence-corrected chi connectivity index (χ2v) is 8.01. The number of nitrogens with two attached hydrogens (primary N) is 1. The van der Waals surface area contributed by atoms with Gasteiger partial charge in [-0.3, -0.25) is 0 Å². The highest BCUT2D eigenvalue weighted by molar-refractivity contribution is 7.99. The van der Waals surface area contributed by atoms with Crippen molar-refractivity contribution >= 4 is 27.5 Å². The normalized spacial score (nSPS) is 17.3. The summed E-state index contributed by atoms with van der Waals surface area (Å²) in [6, 6.07) is 2.34. The predicted molar refractivity (Wildman–Crippen MR) is 80.8 cm³/mol. The fourth-order valence-corrected chi connectivity index (χ4v) is 4.54. The number of halogens is 1. The Balaban J connectivity index is 2.11. The Labute approximate surface area is 123 Å². The molecule has 1 aliphatic heterocycles. The quantitative estimate of drug-likeness (QED) is 0.834. The first-order chi connectivity index (χ1) is 9.40. The van der Waals surface area contributed by atoms with E-state index in [9.17, 15) is 12.8 Å². The van der Waals surface area contributed by atoms with Crippen molar-refractivity contribution in [1.29, 1.82) is 0 Å². The Kier molecular flexibility index (Phi) is 4.93. The molecule has 2 rings (SSSR count). The molecule has 0 atom stereocenters. The number of aryl methyl sites for hydroxylation is 1. The van der Waals surface area contributed by atoms with Crippen LogP contribution < -0.4 is 10.5 Å². The van der Waals surface area contributed by atoms with Gasteiger partial charge in [-0.15, -0.1) is 0 Å². The molecule has 0 aromatic heterocycles. The van der Waals surface area contributed by atoms with E-state index in [-0.39, 0.29) is 10.6 Å². The lowest BCUT2D eigenvalue weighted by Crippen LogP contribution is -2.31. The lowest BCUT2D eigenvalue weighted by Gasteiger charge is -2.21. The molecule has 1 heterocycles. The van der Waals surface area contributed by atoms with Crippen molar-refractivity contribution in [2.45, 2.75) is 24.7 Å². The first-order valence-electron chi connectivity index (χ1n) is 6.53. The van der Waals surface area contributed by atoms with Crippen LogP contribution in [-0.4, -0.2) is 26.5 Å². The number of anilines is 1. The van der Waals surface area contributed by atoms with Crippen LogP contribution in [-0.2, 0) is 10.0 Å². The average Bonchev–Trinajstić information content (AvgIpc) is 2.42. The Morgan fingerprint density at radius 1 is 1.40 bits per heavy atom. The third-order valence-corrected chi connectivity index (χ3v) is 6.00. The van der Waals surface area contributed by atoms with Crippen molar-refractivity contribution in [3.63, 3.8) is 0 Å². The molecule has 0 aliphatic carbocycles. The van der Waals surface area contributed by atoms with Crippen LogP contribution in [0.2, 0.25) is 0 Å². The zero-order valence-corrected chi connectivity index (χ0v) is 13.0. The van der Waals surface area contributed by atoms with Crippen molar-refractivity contribution in [3.8, 4) is 0 Å². The van der Waals surface area contributed by atoms with Gasteiger partial charge in [-0.2, -0.15) is 11.8 Å². The van der Waals surface area contributed by atoms with Crippen LogP contribution in [0.15, 0.2) is 17.0 Å². The monoisotopic (exact) mass is 318 g/mol. The zero-order chi connectivity index (χ0) is 14.8. The van der Waals surface area contributed by atoms with Gasteiger partial charge < -0.3 is 5.73 Å². The summed E-state index contributed by atoms with van der Waals surface area (Å²) < 4.78 is 40.6. The fourth-order valence-electron chi connectivity index (χ4n) is 2.13. The molecule has 0 amide bonds. The van der Waals surface area contributed by atoms with Gasteiger partial charge in [0.2, 0.25) is 10.0 Å². The van der Waals surface area contributed by atoms with E-state index in [0.717, 1.165) is 30.4 Å². The van der Waals surface area contributed by atoms with Gasteiger partial charge in [-0.05, 0) is 54.9 Å². The molecule has 0 radical (unpaired) electrons. The van der Waals surface area contributed by atoms with Crippen molar-refractivity contribution in [2.75, 3.05) is 23.8 Å². The van der Waals surface area contributed by atoms with Gasteiger partial charge in [0, 0.05) is 12.2 Å². The molecule has 1 saturated heterocycles. The number of nitrogen functional groups attached to an aromatic ring is 1. The standard InChI is InChI=1S/C13H19FN2O2S2/c1-9-6-11(14)13(7-12(9)15)20(17,18)16-8-10-2-4-19-5-3-10/h6-7,10,16H,2-5,8,15H2,1H3. The molecule has 1 aromatic rings. The number of sulfonamides is 1. The zero-order valence-electron chi connectivity index (χ0n) is 11.4. The van der Waals surface area contributed by atoms with Crippen LogP contribution in [0.5, 0.6) is 0 Å². The summed E-state index contributed by atoms with van der Waals surface area (Å²) in [4.78, 5) is -0.370. The highest BCUT2D eigenvalue weighted by Gasteiger charge is 2.22. The lowest BCUT2D eigenvalue weighted by atomic mass is 10.0. The van der Waals surface area contributed by atoms with Gasteiger partial charge in [-0.1, -0.05) is 0 Å². The SMILES string of the molecule is Cc1cc(F)c(S(=O)(=O)NCC2CCSCC2)cc1N. The summed E-state index contributed by atoms with van der Waals surface area (Å²) in [5.41, 5.74) is 6.48. The van der Waals surface area contributed by atoms with Gasteiger partial charge in [-0.25, -0.2) is 17.5 Å². The van der Waals surface area contributed by atoms with Crippen LogP contribution in [0.3, 0.4) is 0 Å². The molecule has 0 saturated carbocycles. The summed E-state index contributed by atoms with van der Waals surface area (Å²) in [6.45, 7) is 2.00. The summed E-state index contributed by atoms with van der Waals surface area (Å²) in [5, 5.41) is 0. The Bertz CT molecular complexity index is 584. The molecule has 0 spiro atoms. The number of benzene rings is 1. The predicted octanol–water partition coefficient (Wildman–Crippen LogP) is 2.14. The van der Waals surface area contributed by atoms with Crippen molar-refractivity contribution in [1.82, 2.24) is 4.72 Å². The minimum absolute atomic E-state index is 0.279. The van der Waals surface area contributed by atoms with Crippen molar-refractivity contribution in [2.24, 2.45) is 5.92 Å². The first-order valence-corrected chi connectivity index (χ1v) is 9.17. The number of hydrogen-bond acceptors (Lipinski definition) is 4. The maximum atomic E-state index is 13.8. The van der Waals surface area contributed by atoms with Crippen LogP contribution >= 0.6 is 11.8 Å². The summed E-state index contributed by atoms with van der Waals surface area (Å²) in [7, 11) is -3.84. The number of hydrogen-bond donors (Lipinski definition) is 2. The van der Waals surface area contributed by atoms with Crippen LogP contribution in [0.1, 0.15) is 18.4 Å². The minimum atomic E-state index is -3.84. The van der Waals surface area contributed by atoms with Crippen LogP contribution in [0, 0.1) is 18.7 Å². The van der Waals surface area contributed by atoms with Crippen molar-refractivity contribution in [3.05, 3.63) is 23.5 Å². The molecule has 0 bridgehead atoms. The number of nitrogens with one attached hydrogen (secondary N) is 1. The van der Waals surface area contributed by atoms with Crippen LogP contribution in [0.4, 0.5) is 10.1 Å². The van der Waals surface area contributed by atoms with Gasteiger partial charge in [0.15, 0.2) is 0 Å². The Morgan fingerprint density at radius 3 is 2.70 bits per heavy atom. The van der Waals surface area contributed by atoms with Gasteiger partial charge >= 0.3 is 0 Å². The van der Waals surface area contributed by atoms with E-state index < -0.39 is 15.8 Å². The maximum absolute atomic E-state index is 13.8. The topological polar surface area (TPSA) is 72.2 Å². The fraction of sp³-hybridized carbons (Fsp3) is 0.538. The number of thioether (sulfide) groups is 1. The molecular weight excluding hydrogens is 299 g/mol. The molecule has 7 heteroatoms. The van der Waals surface area contributed by atoms with Crippen molar-refractivity contribution < 1.29 is 12.8 Å². The summed E-state index contributed by atoms with van der Waals surface area (Å²) >= 11 is 1.88. The highest BCUT2D eigenvalue weighted by atomic mass is 32.2. The lowest BCUT2D eigenvalue weighted by molar-refractivity contribution is 0.475. The molecule has 1 aromatic carbocycles. The van der Waals surface area contributed by atoms with E-state index >= 15 is 0 Å². The van der Waals surface area contributed by atoms with E-state index in [1.165, 1.54) is 6.07 Å². The third kappa shape index (κ3) is 3.65. The second-order valence-electron chi connectivity index (χ2n) is 5.05. The van der Waals surface area contributed by atoms with E-state index in [0.29, 0.717) is 18.0 Å². The highest BCUT2D eigenvalue weighted by Crippen LogP contribution is 2.24. The van der Waals surface area contributed by atoms with Gasteiger partial charge in [0.05, 0.1) is 0 Å². The van der Waals surface area contributed by atoms with E-state index in [1.54, 1.807) is 6.92 Å². The molecular formula is C13H19FN2O2S2. The van der Waals surface area contributed by atoms with E-state index in [1.807, 2.05) is 11.8 Å². The summed E-state index contributed by atoms with van der Waals surface area (Å²) in [5.74, 6) is 1.68. The maximum Gasteiger partial charge on any atom is 0.243 e. The largest absolute Gasteiger partial charge is 0.398 e. The molecule has 4 nitrogen and oxygen atoms in total. The third-order valence-electron chi connectivity index (χ3n) is 3.51. The second kappa shape index (κ2) is 6.32. The smallest absolute Gasteiger partial charge is 0.243 e. The molecule has 112 valence electrons. The van der Waals surface area contributed by atoms with Gasteiger partial charge in [0.1, 0.15) is 10.7 Å². The Morgan fingerprint density at radius 2 is 2.05 bits per heavy atom. The van der Waals surface area contributed by atoms with E-state index in [4.69, 9.17) is 5.73 Å². The molecule has 1 fully saturated rings. The Hall–Kier alpha value is -0.790. The number of rotatable bonds is 4. The first kappa shape index (κ1) is 15.6. The minimum Gasteiger partial charge on any atom is -0.398 e. The molecule has 20 heavy (non-hydrogen) atoms. The molecule has 1 aliphatic rings. The summed E-state index contributed by atoms with van der Waals surface area (Å²) in [6.07, 6.45) is 1.98. The van der Waals surface area contributed by atoms with Crippen LogP contribution in [0.25, 0.3) is 0 Å². The van der Waals surface area contributed by atoms with E-state index in [2.05, 4.69) is 4.72 Å². The van der Waals surface area contributed by atoms with Gasteiger partial charge in [0.25, 0.3) is 0 Å². The average molecular weight is 318 g/mol. The molecule has 0 unspecified atom stereocenters.